The third-order valence-electron chi connectivity index (χ3n) is 3.78. The molecule has 0 atom stereocenters. The predicted octanol–water partition coefficient (Wildman–Crippen LogP) is 2.75. The van der Waals surface area contributed by atoms with Gasteiger partial charge in [-0.2, -0.15) is 0 Å². The molecule has 2 aromatic heterocycles. The number of halogens is 2. The van der Waals surface area contributed by atoms with Gasteiger partial charge >= 0.3 is 0 Å². The van der Waals surface area contributed by atoms with Gasteiger partial charge < -0.3 is 15.4 Å². The van der Waals surface area contributed by atoms with Gasteiger partial charge in [-0.25, -0.2) is 4.39 Å². The second kappa shape index (κ2) is 10.0. The molecule has 0 saturated carbocycles. The molecule has 3 aromatic rings. The maximum absolute atomic E-state index is 13.9. The lowest BCUT2D eigenvalue weighted by Crippen LogP contribution is -2.36. The van der Waals surface area contributed by atoms with E-state index in [0.29, 0.717) is 25.7 Å². The van der Waals surface area contributed by atoms with Gasteiger partial charge in [-0.3, -0.25) is 9.39 Å². The van der Waals surface area contributed by atoms with Crippen LogP contribution in [0.3, 0.4) is 0 Å². The van der Waals surface area contributed by atoms with Crippen LogP contribution in [0.15, 0.2) is 47.6 Å². The summed E-state index contributed by atoms with van der Waals surface area (Å²) in [6, 6.07) is 10.6. The number of aromatic nitrogens is 3. The van der Waals surface area contributed by atoms with Crippen molar-refractivity contribution in [2.75, 3.05) is 13.7 Å². The molecule has 0 spiro atoms. The first kappa shape index (κ1) is 20.9. The van der Waals surface area contributed by atoms with Gasteiger partial charge in [-0.15, -0.1) is 34.2 Å². The minimum atomic E-state index is -0.371. The number of ether oxygens (including phenoxy) is 1. The zero-order valence-electron chi connectivity index (χ0n) is 15.1. The van der Waals surface area contributed by atoms with Gasteiger partial charge in [-0.1, -0.05) is 12.1 Å². The number of hydrogen-bond donors (Lipinski definition) is 2. The van der Waals surface area contributed by atoms with Crippen LogP contribution >= 0.6 is 24.0 Å². The number of nitrogens with one attached hydrogen (secondary N) is 2. The quantitative estimate of drug-likeness (QED) is 0.320. The van der Waals surface area contributed by atoms with Crippen molar-refractivity contribution in [1.82, 2.24) is 25.2 Å². The Morgan fingerprint density at radius 2 is 2.00 bits per heavy atom. The number of fused-ring (bicyclic) bond motifs is 1. The van der Waals surface area contributed by atoms with Crippen LogP contribution in [0.4, 0.5) is 4.39 Å². The van der Waals surface area contributed by atoms with E-state index in [-0.39, 0.29) is 35.5 Å². The van der Waals surface area contributed by atoms with Crippen molar-refractivity contribution in [1.29, 1.82) is 0 Å². The fourth-order valence-electron chi connectivity index (χ4n) is 2.51. The molecule has 0 bridgehead atoms. The number of nitrogens with zero attached hydrogens (tertiary/aromatic N) is 4. The Kier molecular flexibility index (Phi) is 7.77. The fourth-order valence-corrected chi connectivity index (χ4v) is 2.51. The van der Waals surface area contributed by atoms with Crippen molar-refractivity contribution < 1.29 is 9.13 Å². The zero-order valence-corrected chi connectivity index (χ0v) is 17.5. The Morgan fingerprint density at radius 1 is 1.19 bits per heavy atom. The Balaban J connectivity index is 0.00000261. The van der Waals surface area contributed by atoms with Gasteiger partial charge in [0.15, 0.2) is 29.0 Å². The first-order valence-corrected chi connectivity index (χ1v) is 8.35. The topological polar surface area (TPSA) is 75.8 Å². The predicted molar refractivity (Wildman–Crippen MR) is 113 cm³/mol. The van der Waals surface area contributed by atoms with Crippen molar-refractivity contribution in [3.8, 4) is 5.75 Å². The molecule has 0 aliphatic heterocycles. The highest BCUT2D eigenvalue weighted by molar-refractivity contribution is 14.0. The summed E-state index contributed by atoms with van der Waals surface area (Å²) in [6.07, 6.45) is 1.91. The van der Waals surface area contributed by atoms with Crippen LogP contribution in [0.1, 0.15) is 18.3 Å². The van der Waals surface area contributed by atoms with Crippen LogP contribution in [0.25, 0.3) is 5.65 Å². The van der Waals surface area contributed by atoms with E-state index in [1.807, 2.05) is 41.8 Å². The molecule has 0 aliphatic rings. The molecule has 0 amide bonds. The molecule has 0 fully saturated rings. The van der Waals surface area contributed by atoms with Crippen LogP contribution < -0.4 is 15.4 Å². The smallest absolute Gasteiger partial charge is 0.191 e. The van der Waals surface area contributed by atoms with Gasteiger partial charge in [0.2, 0.25) is 0 Å². The molecule has 0 saturated heterocycles. The molecule has 144 valence electrons. The van der Waals surface area contributed by atoms with E-state index >= 15 is 0 Å². The molecule has 2 N–H and O–H groups in total. The fraction of sp³-hybridized carbons (Fsp3) is 0.278. The van der Waals surface area contributed by atoms with Crippen LogP contribution in [0, 0.1) is 5.82 Å². The Labute approximate surface area is 174 Å². The molecule has 27 heavy (non-hydrogen) atoms. The lowest BCUT2D eigenvalue weighted by molar-refractivity contribution is 0.321. The Bertz CT molecular complexity index is 914. The summed E-state index contributed by atoms with van der Waals surface area (Å²) in [4.78, 5) is 4.17. The van der Waals surface area contributed by atoms with Gasteiger partial charge in [-0.05, 0) is 36.8 Å². The van der Waals surface area contributed by atoms with Gasteiger partial charge in [0, 0.05) is 19.8 Å². The first-order valence-electron chi connectivity index (χ1n) is 8.35. The largest absolute Gasteiger partial charge is 0.491 e. The maximum atomic E-state index is 13.9. The van der Waals surface area contributed by atoms with Crippen LogP contribution in [-0.2, 0) is 13.1 Å². The number of pyridine rings is 1. The molecular formula is C18H22FIN6O. The standard InChI is InChI=1S/C18H21FN6O.HI/c1-3-26-15-8-7-13(10-14(15)19)11-21-18(20-2)22-12-17-24-23-16-6-4-5-9-25(16)17;/h4-10H,3,11-12H2,1-2H3,(H2,20,21,22);1H. The van der Waals surface area contributed by atoms with Crippen LogP contribution in [0.2, 0.25) is 0 Å². The summed E-state index contributed by atoms with van der Waals surface area (Å²) in [5, 5.41) is 14.6. The summed E-state index contributed by atoms with van der Waals surface area (Å²) >= 11 is 0. The highest BCUT2D eigenvalue weighted by Crippen LogP contribution is 2.18. The maximum Gasteiger partial charge on any atom is 0.191 e. The average molecular weight is 484 g/mol. The monoisotopic (exact) mass is 484 g/mol. The van der Waals surface area contributed by atoms with E-state index in [4.69, 9.17) is 4.74 Å². The molecule has 9 heteroatoms. The van der Waals surface area contributed by atoms with Gasteiger partial charge in [0.05, 0.1) is 13.2 Å². The zero-order chi connectivity index (χ0) is 18.4. The molecule has 2 heterocycles. The van der Waals surface area contributed by atoms with Gasteiger partial charge in [0.1, 0.15) is 0 Å². The minimum Gasteiger partial charge on any atom is -0.491 e. The highest BCUT2D eigenvalue weighted by Gasteiger charge is 2.07. The highest BCUT2D eigenvalue weighted by atomic mass is 127. The van der Waals surface area contributed by atoms with E-state index < -0.39 is 0 Å². The first-order chi connectivity index (χ1) is 12.7. The Hall–Kier alpha value is -2.43. The SMILES string of the molecule is CCOc1ccc(CNC(=NC)NCc2nnc3ccccn23)cc1F.I. The number of rotatable bonds is 6. The summed E-state index contributed by atoms with van der Waals surface area (Å²) in [5.74, 6) is 1.25. The second-order valence-electron chi connectivity index (χ2n) is 5.52. The second-order valence-corrected chi connectivity index (χ2v) is 5.52. The molecule has 0 radical (unpaired) electrons. The normalized spacial score (nSPS) is 11.1. The lowest BCUT2D eigenvalue weighted by atomic mass is 10.2. The van der Waals surface area contributed by atoms with Crippen molar-refractivity contribution in [2.24, 2.45) is 4.99 Å². The lowest BCUT2D eigenvalue weighted by Gasteiger charge is -2.12. The van der Waals surface area contributed by atoms with Gasteiger partial charge in [0.25, 0.3) is 0 Å². The van der Waals surface area contributed by atoms with E-state index in [2.05, 4.69) is 25.8 Å². The van der Waals surface area contributed by atoms with Crippen molar-refractivity contribution in [2.45, 2.75) is 20.0 Å². The molecule has 3 rings (SSSR count). The number of hydrogen-bond acceptors (Lipinski definition) is 4. The van der Waals surface area contributed by atoms with Crippen LogP contribution in [0.5, 0.6) is 5.75 Å². The molecular weight excluding hydrogens is 462 g/mol. The molecule has 1 aromatic carbocycles. The van der Waals surface area contributed by atoms with E-state index in [0.717, 1.165) is 17.0 Å². The summed E-state index contributed by atoms with van der Waals surface area (Å²) < 4.78 is 21.0. The Morgan fingerprint density at radius 3 is 2.74 bits per heavy atom. The number of guanidine groups is 1. The van der Waals surface area contributed by atoms with Crippen molar-refractivity contribution >= 4 is 35.6 Å². The summed E-state index contributed by atoms with van der Waals surface area (Å²) in [5.41, 5.74) is 1.58. The van der Waals surface area contributed by atoms with Crippen molar-refractivity contribution in [3.63, 3.8) is 0 Å². The third-order valence-corrected chi connectivity index (χ3v) is 3.78. The molecule has 0 unspecified atom stereocenters. The number of benzene rings is 1. The van der Waals surface area contributed by atoms with E-state index in [1.165, 1.54) is 6.07 Å². The number of aliphatic imine (C=N–C) groups is 1. The third kappa shape index (κ3) is 5.28. The molecule has 7 nitrogen and oxygen atoms in total. The van der Waals surface area contributed by atoms with Crippen LogP contribution in [-0.4, -0.2) is 34.2 Å². The van der Waals surface area contributed by atoms with E-state index in [9.17, 15) is 4.39 Å². The van der Waals surface area contributed by atoms with Crippen molar-refractivity contribution in [3.05, 3.63) is 59.8 Å². The summed E-state index contributed by atoms with van der Waals surface area (Å²) in [6.45, 7) is 3.15. The van der Waals surface area contributed by atoms with E-state index in [1.54, 1.807) is 13.1 Å². The minimum absolute atomic E-state index is 0. The summed E-state index contributed by atoms with van der Waals surface area (Å²) in [7, 11) is 1.68. The average Bonchev–Trinajstić information content (AvgIpc) is 3.07. The molecule has 0 aliphatic carbocycles.